The Morgan fingerprint density at radius 1 is 1.00 bits per heavy atom. The van der Waals surface area contributed by atoms with Crippen molar-refractivity contribution in [2.45, 2.75) is 13.1 Å². The third-order valence-corrected chi connectivity index (χ3v) is 5.28. The minimum atomic E-state index is -0.418. The molecule has 0 fully saturated rings. The Balaban J connectivity index is 1.63. The van der Waals surface area contributed by atoms with Crippen LogP contribution in [-0.4, -0.2) is 27.6 Å². The van der Waals surface area contributed by atoms with Crippen molar-refractivity contribution in [2.75, 3.05) is 7.05 Å². The number of carbonyl (C=O) groups excluding carboxylic acids is 1. The first kappa shape index (κ1) is 20.8. The van der Waals surface area contributed by atoms with Gasteiger partial charge in [-0.3, -0.25) is 9.69 Å². The maximum atomic E-state index is 11.5. The molecule has 0 bridgehead atoms. The van der Waals surface area contributed by atoms with Crippen molar-refractivity contribution in [2.24, 2.45) is 5.73 Å². The molecule has 0 aliphatic heterocycles. The summed E-state index contributed by atoms with van der Waals surface area (Å²) in [6.45, 7) is 1.36. The van der Waals surface area contributed by atoms with Gasteiger partial charge >= 0.3 is 0 Å². The Kier molecular flexibility index (Phi) is 6.16. The topological polar surface area (TPSA) is 64.2 Å². The highest BCUT2D eigenvalue weighted by molar-refractivity contribution is 6.30. The fourth-order valence-corrected chi connectivity index (χ4v) is 3.70. The Hall–Kier alpha value is -3.41. The summed E-state index contributed by atoms with van der Waals surface area (Å²) >= 11 is 6.08. The van der Waals surface area contributed by atoms with E-state index in [1.54, 1.807) is 6.07 Å². The molecule has 2 N–H and O–H groups in total. The molecule has 1 aromatic heterocycles. The maximum absolute atomic E-state index is 11.5. The summed E-state index contributed by atoms with van der Waals surface area (Å²) in [7, 11) is 2.04. The first-order valence-corrected chi connectivity index (χ1v) is 10.3. The van der Waals surface area contributed by atoms with Crippen LogP contribution in [0.15, 0.2) is 85.1 Å². The van der Waals surface area contributed by atoms with Crippen LogP contribution >= 0.6 is 11.6 Å². The largest absolute Gasteiger partial charge is 0.366 e. The number of amides is 1. The molecule has 3 aromatic carbocycles. The van der Waals surface area contributed by atoms with E-state index in [-0.39, 0.29) is 0 Å². The van der Waals surface area contributed by atoms with Crippen LogP contribution in [0.5, 0.6) is 0 Å². The Morgan fingerprint density at radius 3 is 2.45 bits per heavy atom. The van der Waals surface area contributed by atoms with Crippen LogP contribution in [0.2, 0.25) is 5.02 Å². The van der Waals surface area contributed by atoms with E-state index in [0.29, 0.717) is 23.7 Å². The summed E-state index contributed by atoms with van der Waals surface area (Å²) in [6.07, 6.45) is 2.07. The number of primary amides is 1. The Labute approximate surface area is 186 Å². The minimum Gasteiger partial charge on any atom is -0.366 e. The van der Waals surface area contributed by atoms with Crippen molar-refractivity contribution < 1.29 is 4.79 Å². The summed E-state index contributed by atoms with van der Waals surface area (Å²) in [5.41, 5.74) is 11.0. The number of halogens is 1. The molecule has 4 rings (SSSR count). The van der Waals surface area contributed by atoms with Gasteiger partial charge in [-0.15, -0.1) is 0 Å². The molecular weight excluding hydrogens is 408 g/mol. The standard InChI is InChI=1S/C25H23ClN4O/c1-29(15-18-6-5-7-20(14-18)25(27)31)16-21-17-30(23-8-3-2-4-9-23)28-24(21)19-10-12-22(26)13-11-19/h2-14,17H,15-16H2,1H3,(H2,27,31). The van der Waals surface area contributed by atoms with Gasteiger partial charge in [-0.2, -0.15) is 5.10 Å². The van der Waals surface area contributed by atoms with Gasteiger partial charge < -0.3 is 5.73 Å². The van der Waals surface area contributed by atoms with E-state index in [2.05, 4.69) is 11.1 Å². The molecule has 0 atom stereocenters. The molecule has 0 spiro atoms. The summed E-state index contributed by atoms with van der Waals surface area (Å²) < 4.78 is 1.90. The Morgan fingerprint density at radius 2 is 1.74 bits per heavy atom. The Bertz CT molecular complexity index is 1190. The molecule has 5 nitrogen and oxygen atoms in total. The quantitative estimate of drug-likeness (QED) is 0.452. The number of benzene rings is 3. The number of para-hydroxylation sites is 1. The number of aromatic nitrogens is 2. The van der Waals surface area contributed by atoms with Crippen LogP contribution in [0, 0.1) is 0 Å². The van der Waals surface area contributed by atoms with Gasteiger partial charge in [0, 0.05) is 41.0 Å². The summed E-state index contributed by atoms with van der Waals surface area (Å²) in [4.78, 5) is 13.7. The second-order valence-electron chi connectivity index (χ2n) is 7.53. The lowest BCUT2D eigenvalue weighted by atomic mass is 10.1. The van der Waals surface area contributed by atoms with E-state index >= 15 is 0 Å². The normalized spacial score (nSPS) is 11.1. The van der Waals surface area contributed by atoms with Gasteiger partial charge in [0.2, 0.25) is 5.91 Å². The third-order valence-electron chi connectivity index (χ3n) is 5.03. The van der Waals surface area contributed by atoms with Gasteiger partial charge in [0.25, 0.3) is 0 Å². The average molecular weight is 431 g/mol. The van der Waals surface area contributed by atoms with Gasteiger partial charge in [0.15, 0.2) is 0 Å². The lowest BCUT2D eigenvalue weighted by Crippen LogP contribution is -2.18. The number of rotatable bonds is 7. The van der Waals surface area contributed by atoms with Crippen molar-refractivity contribution in [3.05, 3.63) is 107 Å². The van der Waals surface area contributed by atoms with E-state index in [9.17, 15) is 4.79 Å². The molecule has 4 aromatic rings. The SMILES string of the molecule is CN(Cc1cccc(C(N)=O)c1)Cc1cn(-c2ccccc2)nc1-c1ccc(Cl)cc1. The van der Waals surface area contributed by atoms with Gasteiger partial charge in [0.1, 0.15) is 0 Å². The number of carbonyl (C=O) groups is 1. The zero-order valence-electron chi connectivity index (χ0n) is 17.2. The van der Waals surface area contributed by atoms with E-state index < -0.39 is 5.91 Å². The maximum Gasteiger partial charge on any atom is 0.248 e. The highest BCUT2D eigenvalue weighted by Gasteiger charge is 2.15. The number of hydrogen-bond acceptors (Lipinski definition) is 3. The zero-order chi connectivity index (χ0) is 21.8. The van der Waals surface area contributed by atoms with Crippen molar-refractivity contribution in [3.8, 4) is 16.9 Å². The summed E-state index contributed by atoms with van der Waals surface area (Å²) in [5.74, 6) is -0.418. The smallest absolute Gasteiger partial charge is 0.248 e. The molecule has 1 heterocycles. The predicted octanol–water partition coefficient (Wildman–Crippen LogP) is 4.92. The molecule has 0 unspecified atom stereocenters. The average Bonchev–Trinajstić information content (AvgIpc) is 3.18. The van der Waals surface area contributed by atoms with Crippen LogP contribution < -0.4 is 5.73 Å². The molecule has 0 saturated carbocycles. The number of hydrogen-bond donors (Lipinski definition) is 1. The monoisotopic (exact) mass is 430 g/mol. The molecule has 0 radical (unpaired) electrons. The summed E-state index contributed by atoms with van der Waals surface area (Å²) in [6, 6.07) is 25.2. The summed E-state index contributed by atoms with van der Waals surface area (Å²) in [5, 5.41) is 5.56. The number of nitrogens with zero attached hydrogens (tertiary/aromatic N) is 3. The van der Waals surface area contributed by atoms with Gasteiger partial charge in [-0.05, 0) is 49.0 Å². The van der Waals surface area contributed by atoms with Crippen molar-refractivity contribution >= 4 is 17.5 Å². The molecule has 156 valence electrons. The molecule has 6 heteroatoms. The second-order valence-corrected chi connectivity index (χ2v) is 7.96. The van der Waals surface area contributed by atoms with E-state index in [1.165, 1.54) is 0 Å². The van der Waals surface area contributed by atoms with E-state index in [4.69, 9.17) is 22.4 Å². The number of nitrogens with two attached hydrogens (primary N) is 1. The van der Waals surface area contributed by atoms with Crippen molar-refractivity contribution in [1.29, 1.82) is 0 Å². The molecule has 0 aliphatic rings. The van der Waals surface area contributed by atoms with Crippen LogP contribution in [0.3, 0.4) is 0 Å². The second kappa shape index (κ2) is 9.16. The van der Waals surface area contributed by atoms with E-state index in [0.717, 1.165) is 28.1 Å². The van der Waals surface area contributed by atoms with Crippen LogP contribution in [0.25, 0.3) is 16.9 Å². The van der Waals surface area contributed by atoms with Crippen LogP contribution in [-0.2, 0) is 13.1 Å². The molecular formula is C25H23ClN4O. The van der Waals surface area contributed by atoms with Crippen molar-refractivity contribution in [1.82, 2.24) is 14.7 Å². The molecule has 1 amide bonds. The lowest BCUT2D eigenvalue weighted by Gasteiger charge is -2.17. The zero-order valence-corrected chi connectivity index (χ0v) is 18.0. The highest BCUT2D eigenvalue weighted by atomic mass is 35.5. The van der Waals surface area contributed by atoms with Gasteiger partial charge in [0.05, 0.1) is 11.4 Å². The first-order valence-electron chi connectivity index (χ1n) is 9.97. The molecule has 0 aliphatic carbocycles. The molecule has 31 heavy (non-hydrogen) atoms. The van der Waals surface area contributed by atoms with Gasteiger partial charge in [-0.1, -0.05) is 54.1 Å². The fourth-order valence-electron chi connectivity index (χ4n) is 3.57. The van der Waals surface area contributed by atoms with Crippen LogP contribution in [0.1, 0.15) is 21.5 Å². The molecule has 0 saturated heterocycles. The lowest BCUT2D eigenvalue weighted by molar-refractivity contribution is 0.1000. The van der Waals surface area contributed by atoms with Gasteiger partial charge in [-0.25, -0.2) is 4.68 Å². The first-order chi connectivity index (χ1) is 15.0. The fraction of sp³-hybridized carbons (Fsp3) is 0.120. The van der Waals surface area contributed by atoms with Crippen molar-refractivity contribution in [3.63, 3.8) is 0 Å². The van der Waals surface area contributed by atoms with E-state index in [1.807, 2.05) is 84.5 Å². The predicted molar refractivity (Wildman–Crippen MR) is 124 cm³/mol. The minimum absolute atomic E-state index is 0.418. The van der Waals surface area contributed by atoms with Crippen LogP contribution in [0.4, 0.5) is 0 Å². The highest BCUT2D eigenvalue weighted by Crippen LogP contribution is 2.26. The third kappa shape index (κ3) is 5.02.